The van der Waals surface area contributed by atoms with E-state index in [1.807, 2.05) is 31.2 Å². The largest absolute Gasteiger partial charge is 0.497 e. The molecule has 0 saturated carbocycles. The number of likely N-dealkylation sites (N-methyl/N-ethyl adjacent to an activating group) is 2. The minimum Gasteiger partial charge on any atom is -0.497 e. The topological polar surface area (TPSA) is 66.9 Å². The lowest BCUT2D eigenvalue weighted by molar-refractivity contribution is -0.131. The Morgan fingerprint density at radius 2 is 1.67 bits per heavy atom. The fraction of sp³-hybridized carbons (Fsp3) is 0.316. The molecule has 146 valence electrons. The molecule has 0 radical (unpaired) electrons. The molecule has 1 amide bonds. The smallest absolute Gasteiger partial charge is 0.243 e. The van der Waals surface area contributed by atoms with Gasteiger partial charge in [-0.3, -0.25) is 4.79 Å². The maximum absolute atomic E-state index is 12.6. The van der Waals surface area contributed by atoms with E-state index in [1.54, 1.807) is 24.1 Å². The van der Waals surface area contributed by atoms with Gasteiger partial charge in [0.05, 0.1) is 18.6 Å². The molecule has 0 aromatic heterocycles. The molecule has 2 aromatic carbocycles. The minimum atomic E-state index is -3.73. The van der Waals surface area contributed by atoms with Crippen molar-refractivity contribution in [2.45, 2.75) is 18.4 Å². The normalized spacial score (nSPS) is 11.4. The summed E-state index contributed by atoms with van der Waals surface area (Å²) in [5.74, 6) is 0.491. The lowest BCUT2D eigenvalue weighted by Crippen LogP contribution is -2.40. The van der Waals surface area contributed by atoms with Crippen LogP contribution >= 0.6 is 15.9 Å². The van der Waals surface area contributed by atoms with E-state index in [2.05, 4.69) is 15.9 Å². The monoisotopic (exact) mass is 454 g/mol. The van der Waals surface area contributed by atoms with Gasteiger partial charge in [-0.25, -0.2) is 8.42 Å². The Kier molecular flexibility index (Phi) is 7.41. The van der Waals surface area contributed by atoms with Gasteiger partial charge in [0.15, 0.2) is 0 Å². The summed E-state index contributed by atoms with van der Waals surface area (Å²) in [5.41, 5.74) is 0.949. The predicted molar refractivity (Wildman–Crippen MR) is 108 cm³/mol. The van der Waals surface area contributed by atoms with Gasteiger partial charge >= 0.3 is 0 Å². The number of sulfonamides is 1. The van der Waals surface area contributed by atoms with Gasteiger partial charge in [0.2, 0.25) is 15.9 Å². The number of carbonyl (C=O) groups is 1. The third kappa shape index (κ3) is 5.54. The first-order chi connectivity index (χ1) is 12.8. The number of ether oxygens (including phenoxy) is 1. The van der Waals surface area contributed by atoms with Crippen molar-refractivity contribution in [3.05, 3.63) is 58.6 Å². The van der Waals surface area contributed by atoms with Crippen LogP contribution in [-0.4, -0.2) is 50.8 Å². The Bertz CT molecular complexity index is 868. The molecule has 27 heavy (non-hydrogen) atoms. The summed E-state index contributed by atoms with van der Waals surface area (Å²) in [7, 11) is -0.717. The number of methoxy groups -OCH3 is 1. The zero-order chi connectivity index (χ0) is 20.0. The maximum atomic E-state index is 12.6. The van der Waals surface area contributed by atoms with Gasteiger partial charge in [0.1, 0.15) is 5.75 Å². The molecule has 0 saturated heterocycles. The lowest BCUT2D eigenvalue weighted by atomic mass is 10.2. The van der Waals surface area contributed by atoms with Crippen LogP contribution in [0.25, 0.3) is 0 Å². The molecule has 0 heterocycles. The molecule has 0 N–H and O–H groups in total. The molecule has 0 spiro atoms. The first-order valence-electron chi connectivity index (χ1n) is 8.40. The highest BCUT2D eigenvalue weighted by Crippen LogP contribution is 2.18. The van der Waals surface area contributed by atoms with Crippen LogP contribution in [0.5, 0.6) is 5.75 Å². The van der Waals surface area contributed by atoms with Crippen LogP contribution in [0.3, 0.4) is 0 Å². The number of carbonyl (C=O) groups excluding carboxylic acids is 1. The molecule has 6 nitrogen and oxygen atoms in total. The molecular formula is C19H23BrN2O4S. The van der Waals surface area contributed by atoms with Crippen LogP contribution < -0.4 is 4.74 Å². The number of hydrogen-bond acceptors (Lipinski definition) is 4. The van der Waals surface area contributed by atoms with Crippen molar-refractivity contribution >= 4 is 31.9 Å². The van der Waals surface area contributed by atoms with E-state index in [-0.39, 0.29) is 17.3 Å². The molecule has 2 rings (SSSR count). The third-order valence-electron chi connectivity index (χ3n) is 4.15. The van der Waals surface area contributed by atoms with E-state index in [4.69, 9.17) is 4.74 Å². The highest BCUT2D eigenvalue weighted by atomic mass is 79.9. The average Bonchev–Trinajstić information content (AvgIpc) is 2.66. The molecule has 0 aliphatic heterocycles. The van der Waals surface area contributed by atoms with Gasteiger partial charge in [-0.2, -0.15) is 4.31 Å². The quantitative estimate of drug-likeness (QED) is 0.614. The number of amides is 1. The van der Waals surface area contributed by atoms with Crippen LogP contribution in [-0.2, 0) is 21.4 Å². The second kappa shape index (κ2) is 9.34. The number of rotatable bonds is 8. The molecule has 0 atom stereocenters. The average molecular weight is 455 g/mol. The third-order valence-corrected chi connectivity index (χ3v) is 6.49. The molecule has 0 aliphatic carbocycles. The number of nitrogens with zero attached hydrogens (tertiary/aromatic N) is 2. The van der Waals surface area contributed by atoms with Crippen molar-refractivity contribution in [1.29, 1.82) is 0 Å². The van der Waals surface area contributed by atoms with Gasteiger partial charge < -0.3 is 9.64 Å². The van der Waals surface area contributed by atoms with Gasteiger partial charge in [-0.15, -0.1) is 0 Å². The molecule has 0 bridgehead atoms. The second-order valence-electron chi connectivity index (χ2n) is 5.97. The summed E-state index contributed by atoms with van der Waals surface area (Å²) in [6.07, 6.45) is 0. The second-order valence-corrected chi connectivity index (χ2v) is 8.93. The number of halogens is 1. The maximum Gasteiger partial charge on any atom is 0.243 e. The van der Waals surface area contributed by atoms with Crippen molar-refractivity contribution in [3.63, 3.8) is 0 Å². The van der Waals surface area contributed by atoms with Gasteiger partial charge in [0.25, 0.3) is 0 Å². The van der Waals surface area contributed by atoms with E-state index in [1.165, 1.54) is 19.2 Å². The van der Waals surface area contributed by atoms with Crippen molar-refractivity contribution in [1.82, 2.24) is 9.21 Å². The predicted octanol–water partition coefficient (Wildman–Crippen LogP) is 3.13. The van der Waals surface area contributed by atoms with Crippen molar-refractivity contribution in [2.75, 3.05) is 27.2 Å². The summed E-state index contributed by atoms with van der Waals surface area (Å²) in [6, 6.07) is 13.8. The molecular weight excluding hydrogens is 432 g/mol. The fourth-order valence-corrected chi connectivity index (χ4v) is 3.87. The van der Waals surface area contributed by atoms with Crippen molar-refractivity contribution in [3.8, 4) is 5.75 Å². The van der Waals surface area contributed by atoms with E-state index in [9.17, 15) is 13.2 Å². The van der Waals surface area contributed by atoms with Crippen LogP contribution in [0.15, 0.2) is 57.9 Å². The molecule has 0 aliphatic rings. The first-order valence-corrected chi connectivity index (χ1v) is 10.6. The highest BCUT2D eigenvalue weighted by molar-refractivity contribution is 9.10. The van der Waals surface area contributed by atoms with Crippen LogP contribution in [0.4, 0.5) is 0 Å². The summed E-state index contributed by atoms with van der Waals surface area (Å²) >= 11 is 3.28. The summed E-state index contributed by atoms with van der Waals surface area (Å²) in [4.78, 5) is 14.4. The molecule has 2 aromatic rings. The van der Waals surface area contributed by atoms with Crippen molar-refractivity contribution in [2.24, 2.45) is 0 Å². The molecule has 0 fully saturated rings. The van der Waals surface area contributed by atoms with Gasteiger partial charge in [0, 0.05) is 24.6 Å². The van der Waals surface area contributed by atoms with E-state index >= 15 is 0 Å². The van der Waals surface area contributed by atoms with E-state index in [0.717, 1.165) is 20.1 Å². The zero-order valence-electron chi connectivity index (χ0n) is 15.6. The lowest BCUT2D eigenvalue weighted by Gasteiger charge is -2.24. The van der Waals surface area contributed by atoms with E-state index < -0.39 is 10.0 Å². The number of hydrogen-bond donors (Lipinski definition) is 0. The van der Waals surface area contributed by atoms with Crippen molar-refractivity contribution < 1.29 is 17.9 Å². The Balaban J connectivity index is 2.07. The number of benzene rings is 2. The summed E-state index contributed by atoms with van der Waals surface area (Å²) in [5, 5.41) is 0. The SMILES string of the molecule is CCN(Cc1ccc(OC)cc1)C(=O)CN(C)S(=O)(=O)c1ccc(Br)cc1. The Labute approximate surface area is 168 Å². The molecule has 0 unspecified atom stereocenters. The minimum absolute atomic E-state index is 0.152. The van der Waals surface area contributed by atoms with Crippen LogP contribution in [0, 0.1) is 0 Å². The summed E-state index contributed by atoms with van der Waals surface area (Å²) in [6.45, 7) is 2.54. The zero-order valence-corrected chi connectivity index (χ0v) is 18.0. The Morgan fingerprint density at radius 3 is 2.19 bits per heavy atom. The molecule has 8 heteroatoms. The Hall–Kier alpha value is -1.90. The first kappa shape index (κ1) is 21.4. The van der Waals surface area contributed by atoms with Crippen LogP contribution in [0.2, 0.25) is 0 Å². The van der Waals surface area contributed by atoms with Gasteiger partial charge in [-0.1, -0.05) is 28.1 Å². The highest BCUT2D eigenvalue weighted by Gasteiger charge is 2.24. The van der Waals surface area contributed by atoms with Crippen LogP contribution in [0.1, 0.15) is 12.5 Å². The summed E-state index contributed by atoms with van der Waals surface area (Å²) < 4.78 is 32.3. The van der Waals surface area contributed by atoms with E-state index in [0.29, 0.717) is 13.1 Å². The van der Waals surface area contributed by atoms with Gasteiger partial charge in [-0.05, 0) is 48.9 Å². The fourth-order valence-electron chi connectivity index (χ4n) is 2.49. The standard InChI is InChI=1S/C19H23BrN2O4S/c1-4-22(13-15-5-9-17(26-3)10-6-15)19(23)14-21(2)27(24,25)18-11-7-16(20)8-12-18/h5-12H,4,13-14H2,1-3H3. The Morgan fingerprint density at radius 1 is 1.07 bits per heavy atom.